The van der Waals surface area contributed by atoms with Crippen LogP contribution in [0.2, 0.25) is 0 Å². The summed E-state index contributed by atoms with van der Waals surface area (Å²) in [4.78, 5) is 22.9. The molecule has 0 bridgehead atoms. The molecular formula is C13H22N2O4. The molecule has 1 saturated carbocycles. The molecule has 1 spiro atoms. The third-order valence-electron chi connectivity index (χ3n) is 3.51. The molecule has 1 heterocycles. The summed E-state index contributed by atoms with van der Waals surface area (Å²) in [5.74, 6) is -1.61. The van der Waals surface area contributed by atoms with Crippen LogP contribution in [0.3, 0.4) is 0 Å². The van der Waals surface area contributed by atoms with Crippen LogP contribution in [0.5, 0.6) is 0 Å². The number of ether oxygens (including phenoxy) is 2. The fourth-order valence-electron chi connectivity index (χ4n) is 2.50. The molecule has 6 heteroatoms. The Labute approximate surface area is 113 Å². The van der Waals surface area contributed by atoms with Gasteiger partial charge in [0.1, 0.15) is 6.10 Å². The van der Waals surface area contributed by atoms with Crippen molar-refractivity contribution in [2.45, 2.75) is 50.9 Å². The second-order valence-corrected chi connectivity index (χ2v) is 5.13. The normalized spacial score (nSPS) is 24.6. The summed E-state index contributed by atoms with van der Waals surface area (Å²) in [7, 11) is 0. The van der Waals surface area contributed by atoms with Gasteiger partial charge in [-0.2, -0.15) is 0 Å². The minimum atomic E-state index is -0.607. The zero-order chi connectivity index (χ0) is 13.7. The largest absolute Gasteiger partial charge is 0.348 e. The van der Waals surface area contributed by atoms with Gasteiger partial charge in [-0.25, -0.2) is 0 Å². The molecule has 2 rings (SSSR count). The summed E-state index contributed by atoms with van der Waals surface area (Å²) < 4.78 is 11.6. The summed E-state index contributed by atoms with van der Waals surface area (Å²) in [6.45, 7) is 3.25. The average Bonchev–Trinajstić information content (AvgIpc) is 3.04. The molecule has 0 aromatic carbocycles. The van der Waals surface area contributed by atoms with E-state index in [4.69, 9.17) is 9.47 Å². The first-order chi connectivity index (χ1) is 9.15. The highest BCUT2D eigenvalue weighted by atomic mass is 16.7. The Morgan fingerprint density at radius 2 is 1.89 bits per heavy atom. The Balaban J connectivity index is 1.68. The van der Waals surface area contributed by atoms with Gasteiger partial charge >= 0.3 is 11.8 Å². The van der Waals surface area contributed by atoms with Gasteiger partial charge in [0.25, 0.3) is 0 Å². The van der Waals surface area contributed by atoms with Crippen LogP contribution in [0.4, 0.5) is 0 Å². The highest BCUT2D eigenvalue weighted by Gasteiger charge is 2.43. The van der Waals surface area contributed by atoms with Crippen molar-refractivity contribution < 1.29 is 19.1 Å². The first kappa shape index (κ1) is 14.3. The predicted octanol–water partition coefficient (Wildman–Crippen LogP) is 0.315. The van der Waals surface area contributed by atoms with Crippen LogP contribution < -0.4 is 10.6 Å². The molecule has 0 aromatic heterocycles. The van der Waals surface area contributed by atoms with Crippen LogP contribution in [-0.4, -0.2) is 43.4 Å². The maximum atomic E-state index is 11.5. The van der Waals surface area contributed by atoms with Gasteiger partial charge in [-0.15, -0.1) is 0 Å². The van der Waals surface area contributed by atoms with Gasteiger partial charge in [-0.05, 0) is 19.3 Å². The lowest BCUT2D eigenvalue weighted by atomic mass is 10.2. The minimum absolute atomic E-state index is 0.152. The molecule has 2 fully saturated rings. The van der Waals surface area contributed by atoms with E-state index in [2.05, 4.69) is 10.6 Å². The van der Waals surface area contributed by atoms with E-state index in [-0.39, 0.29) is 6.10 Å². The molecule has 108 valence electrons. The van der Waals surface area contributed by atoms with Crippen molar-refractivity contribution in [1.82, 2.24) is 10.6 Å². The van der Waals surface area contributed by atoms with Crippen molar-refractivity contribution in [3.05, 3.63) is 0 Å². The molecule has 1 aliphatic heterocycles. The van der Waals surface area contributed by atoms with Crippen LogP contribution >= 0.6 is 0 Å². The molecule has 2 amide bonds. The standard InChI is InChI=1S/C13H22N2O4/c1-2-7-14-11(16)12(17)15-8-10-9-18-13(19-10)5-3-4-6-13/h10H,2-9H2,1H3,(H,14,16)(H,15,17). The summed E-state index contributed by atoms with van der Waals surface area (Å²) in [5.41, 5.74) is 0. The van der Waals surface area contributed by atoms with Gasteiger partial charge in [0.2, 0.25) is 0 Å². The van der Waals surface area contributed by atoms with Gasteiger partial charge in [0.15, 0.2) is 5.79 Å². The second-order valence-electron chi connectivity index (χ2n) is 5.13. The lowest BCUT2D eigenvalue weighted by molar-refractivity contribution is -0.161. The summed E-state index contributed by atoms with van der Waals surface area (Å²) in [5, 5.41) is 5.12. The third-order valence-corrected chi connectivity index (χ3v) is 3.51. The van der Waals surface area contributed by atoms with Gasteiger partial charge in [0, 0.05) is 25.9 Å². The Morgan fingerprint density at radius 3 is 2.58 bits per heavy atom. The predicted molar refractivity (Wildman–Crippen MR) is 68.3 cm³/mol. The van der Waals surface area contributed by atoms with Gasteiger partial charge in [-0.1, -0.05) is 6.92 Å². The average molecular weight is 270 g/mol. The topological polar surface area (TPSA) is 76.7 Å². The van der Waals surface area contributed by atoms with Crippen LogP contribution in [0.15, 0.2) is 0 Å². The van der Waals surface area contributed by atoms with Crippen molar-refractivity contribution >= 4 is 11.8 Å². The first-order valence-corrected chi connectivity index (χ1v) is 7.03. The number of hydrogen-bond acceptors (Lipinski definition) is 4. The molecule has 0 radical (unpaired) electrons. The van der Waals surface area contributed by atoms with Gasteiger partial charge < -0.3 is 20.1 Å². The SMILES string of the molecule is CCCNC(=O)C(=O)NCC1COC2(CCCC2)O1. The fourth-order valence-corrected chi connectivity index (χ4v) is 2.50. The Hall–Kier alpha value is -1.14. The maximum Gasteiger partial charge on any atom is 0.309 e. The van der Waals surface area contributed by atoms with Crippen molar-refractivity contribution in [3.63, 3.8) is 0 Å². The summed E-state index contributed by atoms with van der Waals surface area (Å²) in [6.07, 6.45) is 4.75. The molecule has 1 atom stereocenters. The Morgan fingerprint density at radius 1 is 1.21 bits per heavy atom. The van der Waals surface area contributed by atoms with Crippen LogP contribution in [-0.2, 0) is 19.1 Å². The molecule has 1 saturated heterocycles. The molecule has 2 aliphatic rings. The summed E-state index contributed by atoms with van der Waals surface area (Å²) in [6, 6.07) is 0. The molecule has 6 nitrogen and oxygen atoms in total. The molecule has 1 aliphatic carbocycles. The number of amides is 2. The third kappa shape index (κ3) is 3.67. The number of carbonyl (C=O) groups is 2. The van der Waals surface area contributed by atoms with E-state index in [1.165, 1.54) is 0 Å². The summed E-state index contributed by atoms with van der Waals surface area (Å²) >= 11 is 0. The Kier molecular flexibility index (Phi) is 4.76. The molecule has 0 aromatic rings. The number of nitrogens with one attached hydrogen (secondary N) is 2. The van der Waals surface area contributed by atoms with Crippen molar-refractivity contribution in [3.8, 4) is 0 Å². The lowest BCUT2D eigenvalue weighted by Gasteiger charge is -2.21. The molecular weight excluding hydrogens is 248 g/mol. The fraction of sp³-hybridized carbons (Fsp3) is 0.846. The highest BCUT2D eigenvalue weighted by Crippen LogP contribution is 2.38. The highest BCUT2D eigenvalue weighted by molar-refractivity contribution is 6.35. The zero-order valence-corrected chi connectivity index (χ0v) is 11.4. The monoisotopic (exact) mass is 270 g/mol. The van der Waals surface area contributed by atoms with Crippen molar-refractivity contribution in [2.24, 2.45) is 0 Å². The number of rotatable bonds is 4. The van der Waals surface area contributed by atoms with Gasteiger partial charge in [0.05, 0.1) is 6.61 Å². The number of hydrogen-bond donors (Lipinski definition) is 2. The van der Waals surface area contributed by atoms with E-state index in [0.717, 1.165) is 32.1 Å². The first-order valence-electron chi connectivity index (χ1n) is 7.03. The lowest BCUT2D eigenvalue weighted by Crippen LogP contribution is -2.43. The second kappa shape index (κ2) is 6.34. The van der Waals surface area contributed by atoms with Crippen molar-refractivity contribution in [2.75, 3.05) is 19.7 Å². The van der Waals surface area contributed by atoms with Gasteiger partial charge in [-0.3, -0.25) is 9.59 Å². The van der Waals surface area contributed by atoms with E-state index < -0.39 is 17.6 Å². The molecule has 2 N–H and O–H groups in total. The Bertz CT molecular complexity index is 340. The zero-order valence-electron chi connectivity index (χ0n) is 11.4. The van der Waals surface area contributed by atoms with E-state index in [9.17, 15) is 9.59 Å². The van der Waals surface area contributed by atoms with Crippen LogP contribution in [0.1, 0.15) is 39.0 Å². The van der Waals surface area contributed by atoms with Crippen molar-refractivity contribution in [1.29, 1.82) is 0 Å². The minimum Gasteiger partial charge on any atom is -0.348 e. The van der Waals surface area contributed by atoms with E-state index in [0.29, 0.717) is 19.7 Å². The van der Waals surface area contributed by atoms with Crippen LogP contribution in [0, 0.1) is 0 Å². The van der Waals surface area contributed by atoms with Crippen LogP contribution in [0.25, 0.3) is 0 Å². The van der Waals surface area contributed by atoms with E-state index in [1.54, 1.807) is 0 Å². The smallest absolute Gasteiger partial charge is 0.309 e. The number of carbonyl (C=O) groups excluding carboxylic acids is 2. The maximum absolute atomic E-state index is 11.5. The van der Waals surface area contributed by atoms with E-state index >= 15 is 0 Å². The van der Waals surface area contributed by atoms with E-state index in [1.807, 2.05) is 6.92 Å². The quantitative estimate of drug-likeness (QED) is 0.721. The molecule has 1 unspecified atom stereocenters. The molecule has 19 heavy (non-hydrogen) atoms.